The van der Waals surface area contributed by atoms with E-state index in [0.717, 1.165) is 10.0 Å². The van der Waals surface area contributed by atoms with Gasteiger partial charge in [0.05, 0.1) is 0 Å². The Balaban J connectivity index is 0.00000133. The van der Waals surface area contributed by atoms with E-state index in [1.165, 1.54) is 29.5 Å². The number of fused-ring (bicyclic) bond motifs is 4. The Morgan fingerprint density at radius 1 is 0.778 bits per heavy atom. The second-order valence-electron chi connectivity index (χ2n) is 9.97. The summed E-state index contributed by atoms with van der Waals surface area (Å²) in [4.78, 5) is 0. The van der Waals surface area contributed by atoms with E-state index in [1.807, 2.05) is 8.46 Å². The maximum Gasteiger partial charge on any atom is -1.00 e. The normalized spacial score (nSPS) is 17.7. The number of rotatable bonds is 5. The predicted octanol–water partition coefficient (Wildman–Crippen LogP) is -0.0621. The summed E-state index contributed by atoms with van der Waals surface area (Å²) >= 11 is -1.90. The first kappa shape index (κ1) is 25.9. The Morgan fingerprint density at radius 2 is 1.53 bits per heavy atom. The van der Waals surface area contributed by atoms with Crippen molar-refractivity contribution in [1.82, 2.24) is 0 Å². The summed E-state index contributed by atoms with van der Waals surface area (Å²) in [5.74, 6) is -1.03. The Kier molecular flexibility index (Phi) is 7.36. The van der Waals surface area contributed by atoms with Gasteiger partial charge in [-0.05, 0) is 0 Å². The fraction of sp³-hybridized carbons (Fsp3) is 0.188. The van der Waals surface area contributed by atoms with Crippen LogP contribution < -0.4 is 38.5 Å². The molecule has 0 aromatic heterocycles. The van der Waals surface area contributed by atoms with Crippen LogP contribution in [0, 0.1) is 0 Å². The zero-order valence-electron chi connectivity index (χ0n) is 20.7. The van der Waals surface area contributed by atoms with Crippen molar-refractivity contribution in [2.75, 3.05) is 0 Å². The molecule has 0 fully saturated rings. The van der Waals surface area contributed by atoms with Crippen LogP contribution in [0.1, 0.15) is 47.0 Å². The molecular formula is C32H29Cl2SiZr. The molecule has 0 amide bonds. The third-order valence-electron chi connectivity index (χ3n) is 8.25. The molecule has 0 bridgehead atoms. The van der Waals surface area contributed by atoms with Gasteiger partial charge in [-0.15, -0.1) is 0 Å². The van der Waals surface area contributed by atoms with Crippen molar-refractivity contribution < 1.29 is 45.7 Å². The van der Waals surface area contributed by atoms with Gasteiger partial charge in [0.2, 0.25) is 0 Å². The van der Waals surface area contributed by atoms with E-state index in [2.05, 4.69) is 105 Å². The van der Waals surface area contributed by atoms with Gasteiger partial charge in [-0.1, -0.05) is 0 Å². The molecule has 0 radical (unpaired) electrons. The summed E-state index contributed by atoms with van der Waals surface area (Å²) in [6, 6.07) is 32.9. The van der Waals surface area contributed by atoms with Crippen molar-refractivity contribution in [2.45, 2.75) is 36.7 Å². The van der Waals surface area contributed by atoms with Gasteiger partial charge in [0.15, 0.2) is 0 Å². The van der Waals surface area contributed by atoms with Gasteiger partial charge in [0.25, 0.3) is 0 Å². The molecule has 0 N–H and O–H groups in total. The van der Waals surface area contributed by atoms with Crippen LogP contribution in [0.15, 0.2) is 90.5 Å². The molecular weight excluding hydrogens is 575 g/mol. The van der Waals surface area contributed by atoms with Crippen LogP contribution in [0.25, 0.3) is 28.3 Å². The number of benzene rings is 4. The third kappa shape index (κ3) is 3.64. The van der Waals surface area contributed by atoms with Crippen LogP contribution in [-0.4, -0.2) is 5.92 Å². The minimum Gasteiger partial charge on any atom is -1.00 e. The second-order valence-corrected chi connectivity index (χ2v) is 25.0. The van der Waals surface area contributed by atoms with Crippen molar-refractivity contribution >= 4 is 25.6 Å². The Hall–Kier alpha value is -1.70. The minimum atomic E-state index is -1.90. The summed E-state index contributed by atoms with van der Waals surface area (Å²) in [6.45, 7) is 4.67. The van der Waals surface area contributed by atoms with Crippen LogP contribution in [0.4, 0.5) is 0 Å². The van der Waals surface area contributed by atoms with Crippen LogP contribution in [0.3, 0.4) is 0 Å². The van der Waals surface area contributed by atoms with Gasteiger partial charge in [-0.25, -0.2) is 0 Å². The van der Waals surface area contributed by atoms with E-state index in [-0.39, 0.29) is 24.8 Å². The molecule has 36 heavy (non-hydrogen) atoms. The summed E-state index contributed by atoms with van der Waals surface area (Å²) in [7, 11) is 0. The van der Waals surface area contributed by atoms with Gasteiger partial charge in [0.1, 0.15) is 0 Å². The van der Waals surface area contributed by atoms with E-state index < -0.39 is 26.8 Å². The second kappa shape index (κ2) is 10.2. The largest absolute Gasteiger partial charge is 1.00 e. The maximum atomic E-state index is 2.65. The zero-order chi connectivity index (χ0) is 22.8. The number of hydrogen-bond donors (Lipinski definition) is 0. The summed E-state index contributed by atoms with van der Waals surface area (Å²) < 4.78 is 2.57. The first-order chi connectivity index (χ1) is 16.8. The van der Waals surface area contributed by atoms with Gasteiger partial charge < -0.3 is 24.8 Å². The first-order valence-electron chi connectivity index (χ1n) is 12.8. The quantitative estimate of drug-likeness (QED) is 0.281. The minimum absolute atomic E-state index is 0. The van der Waals surface area contributed by atoms with Crippen molar-refractivity contribution in [3.05, 3.63) is 107 Å². The van der Waals surface area contributed by atoms with E-state index in [0.29, 0.717) is 0 Å². The monoisotopic (exact) mass is 601 g/mol. The average molecular weight is 604 g/mol. The SMILES string of the molecule is CCCC1=Cc2c(ccc(CC)c2-c2ccccc2)[CH]1[Zr+2]1[c]2cccc3c2[SiH]1c1ccccc1-3.[Cl-].[Cl-]. The first-order valence-corrected chi connectivity index (χ1v) is 21.5. The standard InChI is InChI=1S/C20H21.C12H8Si.2ClH.Zr/c1-3-8-15-13-18-12-11-16(4-2)20(19(18)14-15)17-9-6-5-7-10-17;1-3-7-11-9(5-1)10-6-2-4-8-12(10)13-11;;;/h5-7,9-14H,3-4,8H2,1-2H3;1-7,13H;2*1H;/q;;;;+2/p-2. The molecule has 2 aliphatic heterocycles. The summed E-state index contributed by atoms with van der Waals surface area (Å²) in [6.07, 6.45) is 6.22. The van der Waals surface area contributed by atoms with Crippen molar-refractivity contribution in [1.29, 1.82) is 0 Å². The molecule has 2 unspecified atom stereocenters. The molecule has 7 rings (SSSR count). The molecule has 179 valence electrons. The number of allylic oxidation sites excluding steroid dienone is 1. The molecule has 2 atom stereocenters. The molecule has 0 nitrogen and oxygen atoms in total. The molecule has 4 aromatic rings. The van der Waals surface area contributed by atoms with Crippen molar-refractivity contribution in [2.24, 2.45) is 0 Å². The molecule has 4 aromatic carbocycles. The van der Waals surface area contributed by atoms with Crippen molar-refractivity contribution in [3.8, 4) is 22.3 Å². The van der Waals surface area contributed by atoms with E-state index >= 15 is 0 Å². The molecule has 0 spiro atoms. The van der Waals surface area contributed by atoms with Gasteiger partial charge in [0, 0.05) is 0 Å². The van der Waals surface area contributed by atoms with E-state index in [9.17, 15) is 0 Å². The number of halogens is 2. The van der Waals surface area contributed by atoms with E-state index in [4.69, 9.17) is 0 Å². The van der Waals surface area contributed by atoms with Crippen LogP contribution in [0.2, 0.25) is 0 Å². The number of hydrogen-bond acceptors (Lipinski definition) is 0. The summed E-state index contributed by atoms with van der Waals surface area (Å²) in [5, 5.41) is 3.60. The Labute approximate surface area is 235 Å². The predicted molar refractivity (Wildman–Crippen MR) is 145 cm³/mol. The smallest absolute Gasteiger partial charge is 1.00 e. The fourth-order valence-electron chi connectivity index (χ4n) is 6.90. The molecule has 1 aliphatic carbocycles. The maximum absolute atomic E-state index is 2.65. The van der Waals surface area contributed by atoms with Crippen molar-refractivity contribution in [3.63, 3.8) is 0 Å². The molecule has 3 aliphatic rings. The van der Waals surface area contributed by atoms with Crippen LogP contribution in [-0.2, 0) is 27.3 Å². The molecule has 4 heteroatoms. The fourth-order valence-corrected chi connectivity index (χ4v) is 33.1. The molecule has 2 heterocycles. The molecule has 0 saturated heterocycles. The topological polar surface area (TPSA) is 0 Å². The van der Waals surface area contributed by atoms with Gasteiger partial charge >= 0.3 is 213 Å². The Bertz CT molecular complexity index is 1480. The Morgan fingerprint density at radius 3 is 2.31 bits per heavy atom. The van der Waals surface area contributed by atoms with Crippen LogP contribution >= 0.6 is 0 Å². The van der Waals surface area contributed by atoms with Gasteiger partial charge in [-0.3, -0.25) is 0 Å². The number of aryl methyl sites for hydroxylation is 1. The summed E-state index contributed by atoms with van der Waals surface area (Å²) in [5.41, 5.74) is 12.5. The van der Waals surface area contributed by atoms with Gasteiger partial charge in [-0.2, -0.15) is 0 Å². The zero-order valence-corrected chi connectivity index (χ0v) is 25.8. The van der Waals surface area contributed by atoms with E-state index in [1.54, 1.807) is 33.0 Å². The average Bonchev–Trinajstić information content (AvgIpc) is 3.39. The third-order valence-corrected chi connectivity index (χ3v) is 30.5. The van der Waals surface area contributed by atoms with Crippen LogP contribution in [0.5, 0.6) is 0 Å². The molecule has 0 saturated carbocycles.